The molecule has 0 unspecified atom stereocenters. The van der Waals surface area contributed by atoms with Gasteiger partial charge < -0.3 is 4.52 Å². The van der Waals surface area contributed by atoms with E-state index >= 15 is 0 Å². The molecule has 0 bridgehead atoms. The Morgan fingerprint density at radius 1 is 1.53 bits per heavy atom. The molecule has 84 valence electrons. The zero-order valence-corrected chi connectivity index (χ0v) is 10.2. The van der Waals surface area contributed by atoms with Crippen LogP contribution in [0.3, 0.4) is 0 Å². The van der Waals surface area contributed by atoms with Crippen LogP contribution in [0, 0.1) is 0 Å². The fourth-order valence-electron chi connectivity index (χ4n) is 1.96. The number of rotatable bonds is 2. The highest BCUT2D eigenvalue weighted by molar-refractivity contribution is 8.13. The van der Waals surface area contributed by atoms with Crippen molar-refractivity contribution in [1.29, 1.82) is 0 Å². The first-order valence-corrected chi connectivity index (χ1v) is 7.18. The Bertz CT molecular complexity index is 489. The van der Waals surface area contributed by atoms with Crippen molar-refractivity contribution in [3.05, 3.63) is 17.0 Å². The predicted octanol–water partition coefficient (Wildman–Crippen LogP) is 1.97. The first-order valence-electron chi connectivity index (χ1n) is 4.70. The average Bonchev–Trinajstić information content (AvgIpc) is 2.53. The van der Waals surface area contributed by atoms with Crippen molar-refractivity contribution in [2.75, 3.05) is 0 Å². The van der Waals surface area contributed by atoms with E-state index in [4.69, 9.17) is 15.2 Å². The summed E-state index contributed by atoms with van der Waals surface area (Å²) in [5.41, 5.74) is 1.34. The van der Waals surface area contributed by atoms with Crippen LogP contribution in [0.5, 0.6) is 0 Å². The second-order valence-electron chi connectivity index (χ2n) is 4.50. The van der Waals surface area contributed by atoms with Crippen molar-refractivity contribution in [2.24, 2.45) is 0 Å². The quantitative estimate of drug-likeness (QED) is 0.752. The summed E-state index contributed by atoms with van der Waals surface area (Å²) in [6.07, 6.45) is 1.77. The number of hydrogen-bond donors (Lipinski definition) is 0. The molecular weight excluding hydrogens is 238 g/mol. The molecule has 1 aromatic rings. The van der Waals surface area contributed by atoms with Crippen LogP contribution >= 0.6 is 10.7 Å². The fourth-order valence-corrected chi connectivity index (χ4v) is 2.82. The SMILES string of the molecule is CC1(C)CCc2c(CS(=O)(=O)Cl)noc21. The molecule has 2 rings (SSSR count). The third-order valence-corrected chi connectivity index (χ3v) is 3.74. The van der Waals surface area contributed by atoms with E-state index in [9.17, 15) is 8.42 Å². The minimum absolute atomic E-state index is 0.0450. The van der Waals surface area contributed by atoms with Gasteiger partial charge in [0.2, 0.25) is 9.05 Å². The highest BCUT2D eigenvalue weighted by atomic mass is 35.7. The maximum absolute atomic E-state index is 10.9. The molecule has 4 nitrogen and oxygen atoms in total. The second-order valence-corrected chi connectivity index (χ2v) is 7.28. The number of hydrogen-bond acceptors (Lipinski definition) is 4. The molecular formula is C9H12ClNO3S. The summed E-state index contributed by atoms with van der Waals surface area (Å²) in [6, 6.07) is 0. The Hall–Kier alpha value is -0.550. The Balaban J connectivity index is 2.39. The van der Waals surface area contributed by atoms with Gasteiger partial charge in [-0.25, -0.2) is 8.42 Å². The standard InChI is InChI=1S/C9H12ClNO3S/c1-9(2)4-3-6-7(5-15(10,12)13)11-14-8(6)9/h3-5H2,1-2H3. The van der Waals surface area contributed by atoms with Crippen LogP contribution in [0.1, 0.15) is 37.3 Å². The zero-order valence-electron chi connectivity index (χ0n) is 8.58. The third-order valence-electron chi connectivity index (χ3n) is 2.79. The molecule has 1 aliphatic carbocycles. The van der Waals surface area contributed by atoms with Gasteiger partial charge in [0.1, 0.15) is 17.2 Å². The fraction of sp³-hybridized carbons (Fsp3) is 0.667. The van der Waals surface area contributed by atoms with E-state index in [1.165, 1.54) is 0 Å². The maximum atomic E-state index is 10.9. The molecule has 0 atom stereocenters. The summed E-state index contributed by atoms with van der Waals surface area (Å²) in [4.78, 5) is 0. The summed E-state index contributed by atoms with van der Waals surface area (Å²) in [7, 11) is 1.63. The monoisotopic (exact) mass is 249 g/mol. The van der Waals surface area contributed by atoms with Crippen molar-refractivity contribution >= 4 is 19.7 Å². The van der Waals surface area contributed by atoms with Gasteiger partial charge in [0.15, 0.2) is 0 Å². The average molecular weight is 250 g/mol. The van der Waals surface area contributed by atoms with E-state index in [2.05, 4.69) is 19.0 Å². The second kappa shape index (κ2) is 3.22. The van der Waals surface area contributed by atoms with Gasteiger partial charge in [0.25, 0.3) is 0 Å². The van der Waals surface area contributed by atoms with Gasteiger partial charge in [-0.15, -0.1) is 0 Å². The summed E-state index contributed by atoms with van der Waals surface area (Å²) in [5, 5.41) is 3.78. The van der Waals surface area contributed by atoms with Crippen molar-refractivity contribution in [3.63, 3.8) is 0 Å². The number of aromatic nitrogens is 1. The van der Waals surface area contributed by atoms with Crippen LogP contribution in [-0.4, -0.2) is 13.6 Å². The van der Waals surface area contributed by atoms with Gasteiger partial charge in [0.05, 0.1) is 0 Å². The summed E-state index contributed by atoms with van der Waals surface area (Å²) >= 11 is 0. The molecule has 1 heterocycles. The normalized spacial score (nSPS) is 19.1. The molecule has 0 saturated heterocycles. The molecule has 1 aromatic heterocycles. The lowest BCUT2D eigenvalue weighted by molar-refractivity contribution is 0.317. The Morgan fingerprint density at radius 3 is 2.80 bits per heavy atom. The third kappa shape index (κ3) is 2.03. The smallest absolute Gasteiger partial charge is 0.238 e. The van der Waals surface area contributed by atoms with Gasteiger partial charge in [-0.3, -0.25) is 0 Å². The first-order chi connectivity index (χ1) is 6.80. The van der Waals surface area contributed by atoms with Crippen molar-refractivity contribution in [3.8, 4) is 0 Å². The number of halogens is 1. The molecule has 0 saturated carbocycles. The number of nitrogens with zero attached hydrogens (tertiary/aromatic N) is 1. The van der Waals surface area contributed by atoms with Gasteiger partial charge in [-0.2, -0.15) is 0 Å². The van der Waals surface area contributed by atoms with Gasteiger partial charge in [-0.1, -0.05) is 19.0 Å². The molecule has 1 aliphatic rings. The molecule has 0 fully saturated rings. The molecule has 0 aromatic carbocycles. The molecule has 0 radical (unpaired) electrons. The molecule has 15 heavy (non-hydrogen) atoms. The highest BCUT2D eigenvalue weighted by Crippen LogP contribution is 2.40. The summed E-state index contributed by atoms with van der Waals surface area (Å²) in [6.45, 7) is 4.12. The Kier molecular flexibility index (Phi) is 2.35. The molecule has 0 N–H and O–H groups in total. The van der Waals surface area contributed by atoms with E-state index in [1.807, 2.05) is 0 Å². The molecule has 6 heteroatoms. The predicted molar refractivity (Wildman–Crippen MR) is 56.3 cm³/mol. The van der Waals surface area contributed by atoms with Crippen molar-refractivity contribution < 1.29 is 12.9 Å². The lowest BCUT2D eigenvalue weighted by Crippen LogP contribution is -2.10. The molecule has 0 aliphatic heterocycles. The van der Waals surface area contributed by atoms with Gasteiger partial charge in [0, 0.05) is 21.7 Å². The number of fused-ring (bicyclic) bond motifs is 1. The largest absolute Gasteiger partial charge is 0.360 e. The first kappa shape index (κ1) is 11.0. The molecule has 0 spiro atoms. The summed E-state index contributed by atoms with van der Waals surface area (Å²) < 4.78 is 27.1. The lowest BCUT2D eigenvalue weighted by atomic mass is 9.92. The van der Waals surface area contributed by atoms with Crippen LogP contribution < -0.4 is 0 Å². The van der Waals surface area contributed by atoms with Crippen molar-refractivity contribution in [2.45, 2.75) is 37.9 Å². The highest BCUT2D eigenvalue weighted by Gasteiger charge is 2.37. The van der Waals surface area contributed by atoms with Crippen LogP contribution in [-0.2, 0) is 26.6 Å². The minimum Gasteiger partial charge on any atom is -0.360 e. The molecule has 0 amide bonds. The maximum Gasteiger partial charge on any atom is 0.238 e. The van der Waals surface area contributed by atoms with E-state index in [-0.39, 0.29) is 11.2 Å². The topological polar surface area (TPSA) is 60.2 Å². The van der Waals surface area contributed by atoms with E-state index in [0.29, 0.717) is 5.69 Å². The Morgan fingerprint density at radius 2 is 2.20 bits per heavy atom. The van der Waals surface area contributed by atoms with Crippen LogP contribution in [0.15, 0.2) is 4.52 Å². The van der Waals surface area contributed by atoms with Gasteiger partial charge in [-0.05, 0) is 12.8 Å². The summed E-state index contributed by atoms with van der Waals surface area (Å²) in [5.74, 6) is 0.557. The minimum atomic E-state index is -3.56. The van der Waals surface area contributed by atoms with Crippen LogP contribution in [0.2, 0.25) is 0 Å². The zero-order chi connectivity index (χ0) is 11.3. The van der Waals surface area contributed by atoms with Gasteiger partial charge >= 0.3 is 0 Å². The Labute approximate surface area is 93.0 Å². The lowest BCUT2D eigenvalue weighted by Gasteiger charge is -2.13. The van der Waals surface area contributed by atoms with Crippen molar-refractivity contribution in [1.82, 2.24) is 5.16 Å². The van der Waals surface area contributed by atoms with E-state index < -0.39 is 9.05 Å². The van der Waals surface area contributed by atoms with Crippen LogP contribution in [0.4, 0.5) is 0 Å². The van der Waals surface area contributed by atoms with E-state index in [1.54, 1.807) is 0 Å². The van der Waals surface area contributed by atoms with Crippen LogP contribution in [0.25, 0.3) is 0 Å². The van der Waals surface area contributed by atoms with E-state index in [0.717, 1.165) is 24.2 Å².